The highest BCUT2D eigenvalue weighted by Crippen LogP contribution is 2.37. The molecule has 1 fully saturated rings. The van der Waals surface area contributed by atoms with Crippen molar-refractivity contribution in [3.63, 3.8) is 0 Å². The van der Waals surface area contributed by atoms with Gasteiger partial charge in [0.05, 0.1) is 7.11 Å². The lowest BCUT2D eigenvalue weighted by Gasteiger charge is -2.31. The molecular formula is C12H16FNO. The zero-order valence-corrected chi connectivity index (χ0v) is 8.92. The maximum absolute atomic E-state index is 14.6. The third-order valence-corrected chi connectivity index (χ3v) is 2.92. The van der Waals surface area contributed by atoms with Gasteiger partial charge in [0, 0.05) is 12.1 Å². The highest BCUT2D eigenvalue weighted by molar-refractivity contribution is 5.38. The molecule has 1 unspecified atom stereocenters. The normalized spacial score (nSPS) is 26.3. The van der Waals surface area contributed by atoms with Crippen LogP contribution in [0.3, 0.4) is 0 Å². The number of hydrogen-bond acceptors (Lipinski definition) is 2. The van der Waals surface area contributed by atoms with E-state index in [9.17, 15) is 4.39 Å². The Morgan fingerprint density at radius 2 is 2.20 bits per heavy atom. The molecule has 2 nitrogen and oxygen atoms in total. The molecule has 0 saturated carbocycles. The van der Waals surface area contributed by atoms with E-state index < -0.39 is 5.67 Å². The Morgan fingerprint density at radius 3 is 2.87 bits per heavy atom. The molecule has 1 saturated heterocycles. The van der Waals surface area contributed by atoms with Crippen molar-refractivity contribution in [1.82, 2.24) is 5.32 Å². The molecule has 15 heavy (non-hydrogen) atoms. The average molecular weight is 209 g/mol. The maximum Gasteiger partial charge on any atom is 0.151 e. The Morgan fingerprint density at radius 1 is 1.40 bits per heavy atom. The van der Waals surface area contributed by atoms with Crippen molar-refractivity contribution in [2.75, 3.05) is 20.2 Å². The van der Waals surface area contributed by atoms with E-state index >= 15 is 0 Å². The van der Waals surface area contributed by atoms with Gasteiger partial charge in [0.15, 0.2) is 5.67 Å². The summed E-state index contributed by atoms with van der Waals surface area (Å²) in [5.74, 6) is 0.642. The first-order chi connectivity index (χ1) is 7.26. The van der Waals surface area contributed by atoms with Crippen LogP contribution >= 0.6 is 0 Å². The topological polar surface area (TPSA) is 21.3 Å². The first-order valence-corrected chi connectivity index (χ1v) is 5.29. The van der Waals surface area contributed by atoms with Gasteiger partial charge >= 0.3 is 0 Å². The second kappa shape index (κ2) is 4.19. The Labute approximate surface area is 89.4 Å². The minimum atomic E-state index is -1.27. The zero-order valence-electron chi connectivity index (χ0n) is 8.92. The van der Waals surface area contributed by atoms with E-state index in [0.29, 0.717) is 24.3 Å². The summed E-state index contributed by atoms with van der Waals surface area (Å²) in [4.78, 5) is 0. The number of ether oxygens (including phenoxy) is 1. The van der Waals surface area contributed by atoms with Gasteiger partial charge in [0.2, 0.25) is 0 Å². The van der Waals surface area contributed by atoms with Gasteiger partial charge in [-0.2, -0.15) is 0 Å². The Hall–Kier alpha value is -1.09. The molecule has 0 aromatic heterocycles. The van der Waals surface area contributed by atoms with Crippen molar-refractivity contribution in [3.8, 4) is 5.75 Å². The number of para-hydroxylation sites is 1. The van der Waals surface area contributed by atoms with Gasteiger partial charge < -0.3 is 10.1 Å². The minimum absolute atomic E-state index is 0.382. The van der Waals surface area contributed by atoms with Crippen LogP contribution in [0, 0.1) is 0 Å². The molecule has 1 heterocycles. The van der Waals surface area contributed by atoms with Crippen molar-refractivity contribution in [1.29, 1.82) is 0 Å². The number of halogens is 1. The summed E-state index contributed by atoms with van der Waals surface area (Å²) in [6, 6.07) is 7.34. The molecule has 1 aromatic rings. The molecule has 1 atom stereocenters. The van der Waals surface area contributed by atoms with Crippen LogP contribution in [0.15, 0.2) is 24.3 Å². The summed E-state index contributed by atoms with van der Waals surface area (Å²) < 4.78 is 19.8. The minimum Gasteiger partial charge on any atom is -0.496 e. The predicted molar refractivity (Wildman–Crippen MR) is 57.9 cm³/mol. The second-order valence-electron chi connectivity index (χ2n) is 3.95. The number of benzene rings is 1. The van der Waals surface area contributed by atoms with Gasteiger partial charge in [0.25, 0.3) is 0 Å². The predicted octanol–water partition coefficient (Wildman–Crippen LogP) is 2.24. The summed E-state index contributed by atoms with van der Waals surface area (Å²) in [5, 5.41) is 3.09. The van der Waals surface area contributed by atoms with Crippen molar-refractivity contribution in [2.24, 2.45) is 0 Å². The molecule has 0 radical (unpaired) electrons. The number of hydrogen-bond donors (Lipinski definition) is 1. The Kier molecular flexibility index (Phi) is 2.91. The van der Waals surface area contributed by atoms with E-state index in [1.165, 1.54) is 0 Å². The molecule has 1 aliphatic heterocycles. The molecule has 1 aromatic carbocycles. The van der Waals surface area contributed by atoms with Crippen LogP contribution in [-0.2, 0) is 5.67 Å². The number of methoxy groups -OCH3 is 1. The fraction of sp³-hybridized carbons (Fsp3) is 0.500. The van der Waals surface area contributed by atoms with Gasteiger partial charge in [0.1, 0.15) is 5.75 Å². The molecule has 1 aliphatic rings. The molecule has 82 valence electrons. The van der Waals surface area contributed by atoms with Gasteiger partial charge in [-0.1, -0.05) is 18.2 Å². The van der Waals surface area contributed by atoms with Crippen LogP contribution in [-0.4, -0.2) is 20.2 Å². The zero-order chi connectivity index (χ0) is 10.7. The van der Waals surface area contributed by atoms with Crippen LogP contribution in [0.25, 0.3) is 0 Å². The summed E-state index contributed by atoms with van der Waals surface area (Å²) in [5.41, 5.74) is -0.607. The van der Waals surface area contributed by atoms with Crippen LogP contribution < -0.4 is 10.1 Å². The lowest BCUT2D eigenvalue weighted by molar-refractivity contribution is 0.118. The monoisotopic (exact) mass is 209 g/mol. The fourth-order valence-electron chi connectivity index (χ4n) is 2.11. The van der Waals surface area contributed by atoms with Gasteiger partial charge in [-0.05, 0) is 25.5 Å². The van der Waals surface area contributed by atoms with E-state index in [0.717, 1.165) is 13.0 Å². The second-order valence-corrected chi connectivity index (χ2v) is 3.95. The summed E-state index contributed by atoms with van der Waals surface area (Å²) in [7, 11) is 1.58. The average Bonchev–Trinajstić information content (AvgIpc) is 2.30. The van der Waals surface area contributed by atoms with Crippen LogP contribution in [0.2, 0.25) is 0 Å². The molecular weight excluding hydrogens is 193 g/mol. The Bertz CT molecular complexity index is 334. The highest BCUT2D eigenvalue weighted by atomic mass is 19.1. The van der Waals surface area contributed by atoms with Crippen LogP contribution in [0.5, 0.6) is 5.75 Å². The third-order valence-electron chi connectivity index (χ3n) is 2.92. The molecule has 0 bridgehead atoms. The Balaban J connectivity index is 2.34. The molecule has 0 aliphatic carbocycles. The van der Waals surface area contributed by atoms with Gasteiger partial charge in [-0.25, -0.2) is 4.39 Å². The standard InChI is InChI=1S/C12H16FNO/c1-15-11-6-3-2-5-10(11)12(13)7-4-8-14-9-12/h2-3,5-6,14H,4,7-9H2,1H3. The van der Waals surface area contributed by atoms with E-state index in [1.807, 2.05) is 24.3 Å². The third kappa shape index (κ3) is 1.97. The molecule has 2 rings (SSSR count). The number of piperidine rings is 1. The quantitative estimate of drug-likeness (QED) is 0.806. The van der Waals surface area contributed by atoms with Crippen LogP contribution in [0.1, 0.15) is 18.4 Å². The van der Waals surface area contributed by atoms with Crippen molar-refractivity contribution in [2.45, 2.75) is 18.5 Å². The number of rotatable bonds is 2. The van der Waals surface area contributed by atoms with Crippen LogP contribution in [0.4, 0.5) is 4.39 Å². The van der Waals surface area contributed by atoms with Gasteiger partial charge in [-0.3, -0.25) is 0 Å². The summed E-state index contributed by atoms with van der Waals surface area (Å²) in [6.45, 7) is 1.29. The SMILES string of the molecule is COc1ccccc1C1(F)CCCNC1. The van der Waals surface area contributed by atoms with E-state index in [4.69, 9.17) is 4.74 Å². The number of nitrogens with one attached hydrogen (secondary N) is 1. The van der Waals surface area contributed by atoms with E-state index in [1.54, 1.807) is 7.11 Å². The fourth-order valence-corrected chi connectivity index (χ4v) is 2.11. The first-order valence-electron chi connectivity index (χ1n) is 5.29. The largest absolute Gasteiger partial charge is 0.496 e. The smallest absolute Gasteiger partial charge is 0.151 e. The van der Waals surface area contributed by atoms with Crippen molar-refractivity contribution >= 4 is 0 Å². The molecule has 3 heteroatoms. The summed E-state index contributed by atoms with van der Waals surface area (Å²) >= 11 is 0. The van der Waals surface area contributed by atoms with E-state index in [2.05, 4.69) is 5.32 Å². The van der Waals surface area contributed by atoms with Crippen molar-refractivity contribution in [3.05, 3.63) is 29.8 Å². The van der Waals surface area contributed by atoms with E-state index in [-0.39, 0.29) is 0 Å². The first kappa shape index (κ1) is 10.4. The maximum atomic E-state index is 14.6. The van der Waals surface area contributed by atoms with Gasteiger partial charge in [-0.15, -0.1) is 0 Å². The molecule has 0 spiro atoms. The lowest BCUT2D eigenvalue weighted by atomic mass is 9.88. The summed E-state index contributed by atoms with van der Waals surface area (Å²) in [6.07, 6.45) is 1.44. The number of alkyl halides is 1. The lowest BCUT2D eigenvalue weighted by Crippen LogP contribution is -2.40. The molecule has 1 N–H and O–H groups in total. The molecule has 0 amide bonds. The van der Waals surface area contributed by atoms with Crippen molar-refractivity contribution < 1.29 is 9.13 Å². The highest BCUT2D eigenvalue weighted by Gasteiger charge is 2.35.